The third-order valence-electron chi connectivity index (χ3n) is 3.84. The number of aromatic nitrogens is 3. The smallest absolute Gasteiger partial charge is 0.132 e. The van der Waals surface area contributed by atoms with Gasteiger partial charge in [-0.15, -0.1) is 0 Å². The van der Waals surface area contributed by atoms with E-state index >= 15 is 0 Å². The van der Waals surface area contributed by atoms with Gasteiger partial charge in [0, 0.05) is 22.7 Å². The lowest BCUT2D eigenvalue weighted by Crippen LogP contribution is -1.98. The predicted molar refractivity (Wildman–Crippen MR) is 89.6 cm³/mol. The van der Waals surface area contributed by atoms with Crippen LogP contribution in [0.5, 0.6) is 0 Å². The lowest BCUT2D eigenvalue weighted by molar-refractivity contribution is 0.630. The van der Waals surface area contributed by atoms with E-state index < -0.39 is 0 Å². The van der Waals surface area contributed by atoms with Crippen molar-refractivity contribution in [1.29, 1.82) is 0 Å². The fourth-order valence-corrected chi connectivity index (χ4v) is 2.67. The minimum atomic E-state index is -0.268. The number of nitrogens with one attached hydrogen (secondary N) is 3. The minimum absolute atomic E-state index is 0.268. The molecule has 0 bridgehead atoms. The monoisotopic (exact) mass is 306 g/mol. The Morgan fingerprint density at radius 1 is 1.04 bits per heavy atom. The highest BCUT2D eigenvalue weighted by Crippen LogP contribution is 2.24. The van der Waals surface area contributed by atoms with Crippen molar-refractivity contribution in [3.05, 3.63) is 72.3 Å². The summed E-state index contributed by atoms with van der Waals surface area (Å²) >= 11 is 0. The summed E-state index contributed by atoms with van der Waals surface area (Å²) < 4.78 is 13.8. The fraction of sp³-hybridized carbons (Fsp3) is 0.0556. The van der Waals surface area contributed by atoms with Gasteiger partial charge in [-0.1, -0.05) is 30.3 Å². The van der Waals surface area contributed by atoms with Crippen LogP contribution in [0.25, 0.3) is 22.2 Å². The third kappa shape index (κ3) is 2.57. The number of H-pyrrole nitrogens is 2. The Morgan fingerprint density at radius 2 is 1.87 bits per heavy atom. The Kier molecular flexibility index (Phi) is 3.31. The summed E-state index contributed by atoms with van der Waals surface area (Å²) in [7, 11) is 0. The standard InChI is InChI=1S/C18H15FN4/c19-15-7-3-1-5-13(15)17-9-12(22-23-17)10-20-18-11-21-16-8-4-2-6-14(16)18/h1-9,11,20-21H,10H2,(H,22,23). The highest BCUT2D eigenvalue weighted by atomic mass is 19.1. The maximum Gasteiger partial charge on any atom is 0.132 e. The zero-order valence-corrected chi connectivity index (χ0v) is 12.3. The van der Waals surface area contributed by atoms with Gasteiger partial charge in [-0.3, -0.25) is 5.10 Å². The summed E-state index contributed by atoms with van der Waals surface area (Å²) in [5.41, 5.74) is 4.13. The zero-order chi connectivity index (χ0) is 15.6. The third-order valence-corrected chi connectivity index (χ3v) is 3.84. The first-order valence-corrected chi connectivity index (χ1v) is 7.40. The molecule has 4 rings (SSSR count). The van der Waals surface area contributed by atoms with Crippen molar-refractivity contribution >= 4 is 16.6 Å². The molecule has 4 aromatic rings. The van der Waals surface area contributed by atoms with E-state index in [0.717, 1.165) is 22.3 Å². The molecule has 0 aliphatic carbocycles. The number of fused-ring (bicyclic) bond motifs is 1. The van der Waals surface area contributed by atoms with Crippen LogP contribution in [0.15, 0.2) is 60.8 Å². The molecule has 2 aromatic carbocycles. The molecular formula is C18H15FN4. The van der Waals surface area contributed by atoms with Crippen LogP contribution in [0.2, 0.25) is 0 Å². The summed E-state index contributed by atoms with van der Waals surface area (Å²) in [6, 6.07) is 16.6. The molecular weight excluding hydrogens is 291 g/mol. The van der Waals surface area contributed by atoms with E-state index in [1.165, 1.54) is 6.07 Å². The summed E-state index contributed by atoms with van der Waals surface area (Å²) in [4.78, 5) is 3.23. The van der Waals surface area contributed by atoms with Gasteiger partial charge in [0.1, 0.15) is 5.82 Å². The molecule has 0 aliphatic rings. The van der Waals surface area contributed by atoms with Crippen LogP contribution in [-0.4, -0.2) is 15.2 Å². The maximum absolute atomic E-state index is 13.8. The van der Waals surface area contributed by atoms with Crippen LogP contribution in [0.4, 0.5) is 10.1 Å². The van der Waals surface area contributed by atoms with E-state index in [9.17, 15) is 4.39 Å². The molecule has 5 heteroatoms. The van der Waals surface area contributed by atoms with Gasteiger partial charge in [0.05, 0.1) is 23.6 Å². The van der Waals surface area contributed by atoms with Crippen molar-refractivity contribution in [2.45, 2.75) is 6.54 Å². The highest BCUT2D eigenvalue weighted by Gasteiger charge is 2.09. The molecule has 2 heterocycles. The molecule has 0 spiro atoms. The van der Waals surface area contributed by atoms with Gasteiger partial charge >= 0.3 is 0 Å². The second-order valence-corrected chi connectivity index (χ2v) is 5.36. The number of hydrogen-bond donors (Lipinski definition) is 3. The number of benzene rings is 2. The first kappa shape index (κ1) is 13.6. The molecule has 0 saturated heterocycles. The summed E-state index contributed by atoms with van der Waals surface area (Å²) in [5.74, 6) is -0.268. The largest absolute Gasteiger partial charge is 0.378 e. The molecule has 0 saturated carbocycles. The number of para-hydroxylation sites is 1. The van der Waals surface area contributed by atoms with Gasteiger partial charge in [0.15, 0.2) is 0 Å². The van der Waals surface area contributed by atoms with Crippen molar-refractivity contribution in [3.63, 3.8) is 0 Å². The molecule has 114 valence electrons. The number of hydrogen-bond acceptors (Lipinski definition) is 2. The molecule has 0 atom stereocenters. The van der Waals surface area contributed by atoms with E-state index in [2.05, 4.69) is 26.6 Å². The van der Waals surface area contributed by atoms with Crippen LogP contribution in [-0.2, 0) is 6.54 Å². The van der Waals surface area contributed by atoms with E-state index in [1.807, 2.05) is 30.5 Å². The van der Waals surface area contributed by atoms with Crippen molar-refractivity contribution in [2.75, 3.05) is 5.32 Å². The van der Waals surface area contributed by atoms with Crippen LogP contribution in [0, 0.1) is 5.82 Å². The number of anilines is 1. The van der Waals surface area contributed by atoms with E-state index in [1.54, 1.807) is 18.2 Å². The zero-order valence-electron chi connectivity index (χ0n) is 12.3. The van der Waals surface area contributed by atoms with Crippen molar-refractivity contribution in [3.8, 4) is 11.3 Å². The van der Waals surface area contributed by atoms with Gasteiger partial charge in [-0.2, -0.15) is 5.10 Å². The molecule has 4 nitrogen and oxygen atoms in total. The summed E-state index contributed by atoms with van der Waals surface area (Å²) in [5, 5.41) is 11.7. The molecule has 0 fully saturated rings. The SMILES string of the molecule is Fc1ccccc1-c1cc(CNc2c[nH]c3ccccc23)[nH]n1. The Morgan fingerprint density at radius 3 is 2.78 bits per heavy atom. The molecule has 0 unspecified atom stereocenters. The van der Waals surface area contributed by atoms with E-state index in [4.69, 9.17) is 0 Å². The number of rotatable bonds is 4. The second kappa shape index (κ2) is 5.61. The minimum Gasteiger partial charge on any atom is -0.378 e. The lowest BCUT2D eigenvalue weighted by atomic mass is 10.1. The first-order chi connectivity index (χ1) is 11.3. The van der Waals surface area contributed by atoms with E-state index in [0.29, 0.717) is 17.8 Å². The molecule has 23 heavy (non-hydrogen) atoms. The number of nitrogens with zero attached hydrogens (tertiary/aromatic N) is 1. The quantitative estimate of drug-likeness (QED) is 0.526. The molecule has 0 aliphatic heterocycles. The highest BCUT2D eigenvalue weighted by molar-refractivity contribution is 5.92. The van der Waals surface area contributed by atoms with Crippen molar-refractivity contribution in [2.24, 2.45) is 0 Å². The van der Waals surface area contributed by atoms with Crippen LogP contribution < -0.4 is 5.32 Å². The van der Waals surface area contributed by atoms with E-state index in [-0.39, 0.29) is 5.82 Å². The Hall–Kier alpha value is -3.08. The predicted octanol–water partition coefficient (Wildman–Crippen LogP) is 4.31. The van der Waals surface area contributed by atoms with Crippen molar-refractivity contribution in [1.82, 2.24) is 15.2 Å². The van der Waals surface area contributed by atoms with Crippen molar-refractivity contribution < 1.29 is 4.39 Å². The van der Waals surface area contributed by atoms with Crippen LogP contribution in [0.1, 0.15) is 5.69 Å². The molecule has 2 aromatic heterocycles. The fourth-order valence-electron chi connectivity index (χ4n) is 2.67. The van der Waals surface area contributed by atoms with Gasteiger partial charge < -0.3 is 10.3 Å². The number of halogens is 1. The van der Waals surface area contributed by atoms with Gasteiger partial charge in [0.2, 0.25) is 0 Å². The Balaban J connectivity index is 1.53. The summed E-state index contributed by atoms with van der Waals surface area (Å²) in [6.45, 7) is 0.587. The Labute approximate surface area is 132 Å². The first-order valence-electron chi connectivity index (χ1n) is 7.40. The lowest BCUT2D eigenvalue weighted by Gasteiger charge is -2.02. The topological polar surface area (TPSA) is 56.5 Å². The number of aromatic amines is 2. The molecule has 3 N–H and O–H groups in total. The van der Waals surface area contributed by atoms with Crippen LogP contribution in [0.3, 0.4) is 0 Å². The Bertz CT molecular complexity index is 954. The van der Waals surface area contributed by atoms with Gasteiger partial charge in [0.25, 0.3) is 0 Å². The molecule has 0 radical (unpaired) electrons. The average Bonchev–Trinajstić information content (AvgIpc) is 3.20. The average molecular weight is 306 g/mol. The van der Waals surface area contributed by atoms with Gasteiger partial charge in [-0.05, 0) is 24.3 Å². The van der Waals surface area contributed by atoms with Crippen LogP contribution >= 0.6 is 0 Å². The summed E-state index contributed by atoms with van der Waals surface area (Å²) in [6.07, 6.45) is 1.94. The second-order valence-electron chi connectivity index (χ2n) is 5.36. The van der Waals surface area contributed by atoms with Gasteiger partial charge in [-0.25, -0.2) is 4.39 Å². The normalized spacial score (nSPS) is 11.0. The maximum atomic E-state index is 13.8. The molecule has 0 amide bonds.